The number of nitrogens with one attached hydrogen (secondary N) is 1. The van der Waals surface area contributed by atoms with Crippen molar-refractivity contribution in [2.75, 3.05) is 13.7 Å². The molecule has 1 amide bonds. The lowest BCUT2D eigenvalue weighted by atomic mass is 10.0. The highest BCUT2D eigenvalue weighted by atomic mass is 16.6. The third-order valence-electron chi connectivity index (χ3n) is 3.29. The number of carbonyl (C=O) groups is 2. The van der Waals surface area contributed by atoms with E-state index in [0.29, 0.717) is 13.0 Å². The average Bonchev–Trinajstić information content (AvgIpc) is 2.59. The molecular formula is C14H26N2O4. The molecule has 6 nitrogen and oxygen atoms in total. The van der Waals surface area contributed by atoms with Gasteiger partial charge in [0.15, 0.2) is 0 Å². The van der Waals surface area contributed by atoms with Crippen molar-refractivity contribution in [2.24, 2.45) is 0 Å². The number of amides is 1. The maximum Gasteiger partial charge on any atom is 0.412 e. The van der Waals surface area contributed by atoms with Crippen LogP contribution < -0.4 is 5.32 Å². The molecule has 1 aliphatic heterocycles. The SMILES string of the molecule is CNC(CC=O)[C@@H]1COC(C)(C)N1C(=O)OC(C)(C)C. The standard InChI is InChI=1S/C14H26N2O4/c1-13(2,3)20-12(18)16-11(9-19-14(16,4)5)10(15-6)7-8-17/h8,10-11,15H,7,9H2,1-6H3/t10?,11-/m0/s1. The molecule has 1 fully saturated rings. The van der Waals surface area contributed by atoms with Crippen LogP contribution in [0.2, 0.25) is 0 Å². The molecule has 0 saturated carbocycles. The first kappa shape index (κ1) is 16.9. The van der Waals surface area contributed by atoms with Gasteiger partial charge in [-0.3, -0.25) is 4.90 Å². The van der Waals surface area contributed by atoms with Crippen LogP contribution in [0.15, 0.2) is 0 Å². The van der Waals surface area contributed by atoms with Gasteiger partial charge in [0.2, 0.25) is 0 Å². The van der Waals surface area contributed by atoms with Crippen molar-refractivity contribution in [3.63, 3.8) is 0 Å². The summed E-state index contributed by atoms with van der Waals surface area (Å²) >= 11 is 0. The summed E-state index contributed by atoms with van der Waals surface area (Å²) in [6.07, 6.45) is 0.746. The van der Waals surface area contributed by atoms with Crippen LogP contribution >= 0.6 is 0 Å². The van der Waals surface area contributed by atoms with Crippen LogP contribution in [0.25, 0.3) is 0 Å². The number of rotatable bonds is 4. The Balaban J connectivity index is 2.95. The van der Waals surface area contributed by atoms with E-state index in [0.717, 1.165) is 6.29 Å². The Hall–Kier alpha value is -1.14. The Morgan fingerprint density at radius 1 is 1.55 bits per heavy atom. The summed E-state index contributed by atoms with van der Waals surface area (Å²) in [6, 6.07) is -0.378. The fourth-order valence-corrected chi connectivity index (χ4v) is 2.37. The van der Waals surface area contributed by atoms with Crippen molar-refractivity contribution in [2.45, 2.75) is 64.4 Å². The van der Waals surface area contributed by atoms with E-state index in [2.05, 4.69) is 5.32 Å². The quantitative estimate of drug-likeness (QED) is 0.794. The third kappa shape index (κ3) is 3.93. The van der Waals surface area contributed by atoms with Gasteiger partial charge in [0.05, 0.1) is 12.6 Å². The van der Waals surface area contributed by atoms with Crippen LogP contribution in [0.1, 0.15) is 41.0 Å². The smallest absolute Gasteiger partial charge is 0.412 e. The molecular weight excluding hydrogens is 260 g/mol. The number of hydrogen-bond donors (Lipinski definition) is 1. The Kier molecular flexibility index (Phi) is 5.15. The first-order valence-electron chi connectivity index (χ1n) is 6.89. The zero-order valence-electron chi connectivity index (χ0n) is 13.2. The lowest BCUT2D eigenvalue weighted by molar-refractivity contribution is -0.108. The molecule has 1 heterocycles. The number of aldehydes is 1. The molecule has 1 unspecified atom stereocenters. The van der Waals surface area contributed by atoms with E-state index in [1.807, 2.05) is 34.6 Å². The molecule has 0 aromatic rings. The van der Waals surface area contributed by atoms with Crippen molar-refractivity contribution < 1.29 is 19.1 Å². The van der Waals surface area contributed by atoms with Crippen molar-refractivity contribution in [3.05, 3.63) is 0 Å². The van der Waals surface area contributed by atoms with Gasteiger partial charge in [-0.2, -0.15) is 0 Å². The molecule has 1 N–H and O–H groups in total. The molecule has 0 spiro atoms. The molecule has 0 radical (unpaired) electrons. The molecule has 0 aromatic carbocycles. The number of hydrogen-bond acceptors (Lipinski definition) is 5. The minimum atomic E-state index is -0.745. The molecule has 1 saturated heterocycles. The minimum absolute atomic E-state index is 0.151. The Bertz CT molecular complexity index is 363. The molecule has 6 heteroatoms. The fourth-order valence-electron chi connectivity index (χ4n) is 2.37. The van der Waals surface area contributed by atoms with Gasteiger partial charge in [0.1, 0.15) is 17.6 Å². The molecule has 1 aliphatic rings. The molecule has 116 valence electrons. The lowest BCUT2D eigenvalue weighted by Gasteiger charge is -2.37. The molecule has 20 heavy (non-hydrogen) atoms. The molecule has 2 atom stereocenters. The summed E-state index contributed by atoms with van der Waals surface area (Å²) in [6.45, 7) is 9.50. The molecule has 0 aliphatic carbocycles. The zero-order chi connectivity index (χ0) is 15.6. The highest BCUT2D eigenvalue weighted by Gasteiger charge is 2.48. The molecule has 0 aromatic heterocycles. The fraction of sp³-hybridized carbons (Fsp3) is 0.857. The second-order valence-electron chi connectivity index (χ2n) is 6.47. The number of likely N-dealkylation sites (N-methyl/N-ethyl adjacent to an activating group) is 1. The Labute approximate surface area is 120 Å². The summed E-state index contributed by atoms with van der Waals surface area (Å²) < 4.78 is 11.2. The second-order valence-corrected chi connectivity index (χ2v) is 6.47. The van der Waals surface area contributed by atoms with E-state index < -0.39 is 17.4 Å². The largest absolute Gasteiger partial charge is 0.444 e. The Morgan fingerprint density at radius 3 is 2.60 bits per heavy atom. The molecule has 0 bridgehead atoms. The highest BCUT2D eigenvalue weighted by molar-refractivity contribution is 5.70. The van der Waals surface area contributed by atoms with E-state index in [-0.39, 0.29) is 12.1 Å². The summed E-state index contributed by atoms with van der Waals surface area (Å²) in [5.41, 5.74) is -1.31. The highest BCUT2D eigenvalue weighted by Crippen LogP contribution is 2.31. The van der Waals surface area contributed by atoms with Crippen molar-refractivity contribution in [1.29, 1.82) is 0 Å². The van der Waals surface area contributed by atoms with E-state index in [1.54, 1.807) is 11.9 Å². The topological polar surface area (TPSA) is 67.9 Å². The monoisotopic (exact) mass is 286 g/mol. The van der Waals surface area contributed by atoms with Crippen molar-refractivity contribution in [3.8, 4) is 0 Å². The van der Waals surface area contributed by atoms with Crippen LogP contribution in [-0.4, -0.2) is 54.3 Å². The third-order valence-corrected chi connectivity index (χ3v) is 3.29. The summed E-state index contributed by atoms with van der Waals surface area (Å²) in [4.78, 5) is 24.8. The van der Waals surface area contributed by atoms with Crippen molar-refractivity contribution >= 4 is 12.4 Å². The van der Waals surface area contributed by atoms with Crippen LogP contribution in [0, 0.1) is 0 Å². The van der Waals surface area contributed by atoms with E-state index in [9.17, 15) is 9.59 Å². The predicted molar refractivity (Wildman–Crippen MR) is 75.4 cm³/mol. The van der Waals surface area contributed by atoms with Gasteiger partial charge in [-0.15, -0.1) is 0 Å². The van der Waals surface area contributed by atoms with Gasteiger partial charge in [0, 0.05) is 12.5 Å². The normalized spacial score (nSPS) is 23.5. The van der Waals surface area contributed by atoms with Gasteiger partial charge in [-0.25, -0.2) is 4.79 Å². The number of nitrogens with zero attached hydrogens (tertiary/aromatic N) is 1. The van der Waals surface area contributed by atoms with Gasteiger partial charge in [-0.1, -0.05) is 0 Å². The summed E-state index contributed by atoms with van der Waals surface area (Å²) in [7, 11) is 1.77. The van der Waals surface area contributed by atoms with Gasteiger partial charge in [-0.05, 0) is 41.7 Å². The van der Waals surface area contributed by atoms with Crippen LogP contribution in [0.5, 0.6) is 0 Å². The zero-order valence-corrected chi connectivity index (χ0v) is 13.2. The van der Waals surface area contributed by atoms with Crippen LogP contribution in [0.3, 0.4) is 0 Å². The maximum atomic E-state index is 12.4. The average molecular weight is 286 g/mol. The van der Waals surface area contributed by atoms with Crippen molar-refractivity contribution in [1.82, 2.24) is 10.2 Å². The Morgan fingerprint density at radius 2 is 2.15 bits per heavy atom. The lowest BCUT2D eigenvalue weighted by Crippen LogP contribution is -2.56. The van der Waals surface area contributed by atoms with E-state index in [1.165, 1.54) is 0 Å². The first-order chi connectivity index (χ1) is 9.12. The summed E-state index contributed by atoms with van der Waals surface area (Å²) in [5.74, 6) is 0. The predicted octanol–water partition coefficient (Wildman–Crippen LogP) is 1.54. The number of ether oxygens (including phenoxy) is 2. The second kappa shape index (κ2) is 6.10. The first-order valence-corrected chi connectivity index (χ1v) is 6.89. The van der Waals surface area contributed by atoms with E-state index in [4.69, 9.17) is 9.47 Å². The van der Waals surface area contributed by atoms with Crippen LogP contribution in [-0.2, 0) is 14.3 Å². The minimum Gasteiger partial charge on any atom is -0.444 e. The molecule has 1 rings (SSSR count). The van der Waals surface area contributed by atoms with Gasteiger partial charge >= 0.3 is 6.09 Å². The van der Waals surface area contributed by atoms with Gasteiger partial charge < -0.3 is 19.6 Å². The van der Waals surface area contributed by atoms with E-state index >= 15 is 0 Å². The number of carbonyl (C=O) groups excluding carboxylic acids is 2. The maximum absolute atomic E-state index is 12.4. The van der Waals surface area contributed by atoms with Gasteiger partial charge in [0.25, 0.3) is 0 Å². The summed E-state index contributed by atoms with van der Waals surface area (Å²) in [5, 5.41) is 3.07. The van der Waals surface area contributed by atoms with Crippen LogP contribution in [0.4, 0.5) is 4.79 Å².